The summed E-state index contributed by atoms with van der Waals surface area (Å²) in [5.41, 5.74) is 4.67. The van der Waals surface area contributed by atoms with Crippen molar-refractivity contribution in [3.63, 3.8) is 0 Å². The summed E-state index contributed by atoms with van der Waals surface area (Å²) in [6.07, 6.45) is 4.81. The highest BCUT2D eigenvalue weighted by atomic mass is 16.5. The van der Waals surface area contributed by atoms with Crippen molar-refractivity contribution in [2.75, 3.05) is 19.8 Å². The molecule has 4 aromatic rings. The van der Waals surface area contributed by atoms with Crippen LogP contribution in [0.1, 0.15) is 42.6 Å². The lowest BCUT2D eigenvalue weighted by atomic mass is 10.1. The van der Waals surface area contributed by atoms with E-state index in [-0.39, 0.29) is 12.5 Å². The van der Waals surface area contributed by atoms with Gasteiger partial charge in [-0.05, 0) is 74.6 Å². The second-order valence-corrected chi connectivity index (χ2v) is 9.33. The zero-order chi connectivity index (χ0) is 25.9. The maximum Gasteiger partial charge on any atom is 0.257 e. The number of carbonyl (C=O) groups is 1. The van der Waals surface area contributed by atoms with Crippen LogP contribution >= 0.6 is 0 Å². The van der Waals surface area contributed by atoms with E-state index in [4.69, 9.17) is 14.5 Å². The molecule has 1 heterocycles. The predicted molar refractivity (Wildman–Crippen MR) is 148 cm³/mol. The van der Waals surface area contributed by atoms with Crippen LogP contribution in [0.25, 0.3) is 11.0 Å². The SMILES string of the molecule is Cc1cccc(OCCCn2c(CCCCCNC(=O)COc3ccccc3)nc3ccccc32)c1C. The number of hydrogen-bond acceptors (Lipinski definition) is 4. The number of rotatable bonds is 14. The Balaban J connectivity index is 1.20. The number of nitrogens with zero attached hydrogens (tertiary/aromatic N) is 2. The number of para-hydroxylation sites is 3. The lowest BCUT2D eigenvalue weighted by Crippen LogP contribution is -2.29. The number of fused-ring (bicyclic) bond motifs is 1. The first-order chi connectivity index (χ1) is 18.1. The summed E-state index contributed by atoms with van der Waals surface area (Å²) in [7, 11) is 0. The highest BCUT2D eigenvalue weighted by Crippen LogP contribution is 2.22. The van der Waals surface area contributed by atoms with E-state index < -0.39 is 0 Å². The van der Waals surface area contributed by atoms with Gasteiger partial charge in [-0.25, -0.2) is 4.98 Å². The van der Waals surface area contributed by atoms with Gasteiger partial charge in [0.25, 0.3) is 5.91 Å². The molecule has 0 saturated carbocycles. The second kappa shape index (κ2) is 13.5. The number of amides is 1. The summed E-state index contributed by atoms with van der Waals surface area (Å²) in [4.78, 5) is 16.9. The van der Waals surface area contributed by atoms with E-state index in [2.05, 4.69) is 48.0 Å². The Kier molecular flexibility index (Phi) is 9.58. The second-order valence-electron chi connectivity index (χ2n) is 9.33. The van der Waals surface area contributed by atoms with E-state index in [0.29, 0.717) is 18.9 Å². The predicted octanol–water partition coefficient (Wildman–Crippen LogP) is 6.03. The fourth-order valence-corrected chi connectivity index (χ4v) is 4.38. The molecule has 0 aliphatic heterocycles. The van der Waals surface area contributed by atoms with Crippen LogP contribution in [0.5, 0.6) is 11.5 Å². The lowest BCUT2D eigenvalue weighted by molar-refractivity contribution is -0.123. The Morgan fingerprint density at radius 2 is 1.68 bits per heavy atom. The molecule has 3 aromatic carbocycles. The topological polar surface area (TPSA) is 65.4 Å². The summed E-state index contributed by atoms with van der Waals surface area (Å²) in [5.74, 6) is 2.70. The van der Waals surface area contributed by atoms with E-state index in [1.54, 1.807) is 0 Å². The van der Waals surface area contributed by atoms with Crippen molar-refractivity contribution in [2.45, 2.75) is 52.5 Å². The molecule has 0 unspecified atom stereocenters. The van der Waals surface area contributed by atoms with Crippen LogP contribution in [-0.4, -0.2) is 35.2 Å². The number of nitrogens with one attached hydrogen (secondary N) is 1. The van der Waals surface area contributed by atoms with Crippen molar-refractivity contribution in [3.8, 4) is 11.5 Å². The highest BCUT2D eigenvalue weighted by Gasteiger charge is 2.11. The third-order valence-electron chi connectivity index (χ3n) is 6.58. The molecule has 1 N–H and O–H groups in total. The molecule has 0 aliphatic carbocycles. The van der Waals surface area contributed by atoms with Gasteiger partial charge in [0.2, 0.25) is 0 Å². The quantitative estimate of drug-likeness (QED) is 0.215. The van der Waals surface area contributed by atoms with Crippen molar-refractivity contribution < 1.29 is 14.3 Å². The van der Waals surface area contributed by atoms with Crippen molar-refractivity contribution in [3.05, 3.63) is 89.7 Å². The van der Waals surface area contributed by atoms with Gasteiger partial charge in [-0.2, -0.15) is 0 Å². The van der Waals surface area contributed by atoms with Gasteiger partial charge in [0.1, 0.15) is 17.3 Å². The molecule has 194 valence electrons. The average molecular weight is 500 g/mol. The Labute approximate surface area is 219 Å². The van der Waals surface area contributed by atoms with Gasteiger partial charge < -0.3 is 19.4 Å². The van der Waals surface area contributed by atoms with Gasteiger partial charge in [0.05, 0.1) is 17.6 Å². The largest absolute Gasteiger partial charge is 0.493 e. The Bertz CT molecular complexity index is 1280. The van der Waals surface area contributed by atoms with Gasteiger partial charge >= 0.3 is 0 Å². The molecule has 6 nitrogen and oxygen atoms in total. The number of hydrogen-bond donors (Lipinski definition) is 1. The molecule has 0 aliphatic rings. The number of ether oxygens (including phenoxy) is 2. The van der Waals surface area contributed by atoms with Crippen LogP contribution in [0.2, 0.25) is 0 Å². The third kappa shape index (κ3) is 7.59. The van der Waals surface area contributed by atoms with Crippen molar-refractivity contribution >= 4 is 16.9 Å². The molecule has 1 amide bonds. The van der Waals surface area contributed by atoms with Gasteiger partial charge in [-0.15, -0.1) is 0 Å². The van der Waals surface area contributed by atoms with Gasteiger partial charge in [0, 0.05) is 19.5 Å². The number of benzene rings is 3. The molecule has 0 radical (unpaired) electrons. The van der Waals surface area contributed by atoms with E-state index in [0.717, 1.165) is 55.7 Å². The van der Waals surface area contributed by atoms with Crippen LogP contribution in [0, 0.1) is 13.8 Å². The molecule has 37 heavy (non-hydrogen) atoms. The molecular formula is C31H37N3O3. The molecule has 0 fully saturated rings. The Hall–Kier alpha value is -3.80. The minimum absolute atomic E-state index is 0.0429. The van der Waals surface area contributed by atoms with Gasteiger partial charge in [-0.1, -0.05) is 48.9 Å². The number of carbonyl (C=O) groups excluding carboxylic acids is 1. The summed E-state index contributed by atoms with van der Waals surface area (Å²) in [5, 5.41) is 2.94. The van der Waals surface area contributed by atoms with Crippen molar-refractivity contribution in [2.24, 2.45) is 0 Å². The van der Waals surface area contributed by atoms with Crippen LogP contribution < -0.4 is 14.8 Å². The molecular weight excluding hydrogens is 462 g/mol. The monoisotopic (exact) mass is 499 g/mol. The number of aromatic nitrogens is 2. The number of unbranched alkanes of at least 4 members (excludes halogenated alkanes) is 2. The van der Waals surface area contributed by atoms with Crippen LogP contribution in [0.4, 0.5) is 0 Å². The standard InChI is InChI=1S/C31H37N3O3/c1-24-13-11-18-29(25(24)2)36-22-12-21-34-28-17-9-8-16-27(28)33-30(34)19-7-4-10-20-32-31(35)23-37-26-14-5-3-6-15-26/h3,5-6,8-9,11,13-18H,4,7,10,12,19-23H2,1-2H3,(H,32,35). The Morgan fingerprint density at radius 1 is 0.865 bits per heavy atom. The molecule has 4 rings (SSSR count). The van der Waals surface area contributed by atoms with Crippen molar-refractivity contribution in [1.29, 1.82) is 0 Å². The van der Waals surface area contributed by atoms with Crippen LogP contribution in [-0.2, 0) is 17.8 Å². The van der Waals surface area contributed by atoms with E-state index in [1.165, 1.54) is 16.6 Å². The fraction of sp³-hybridized carbons (Fsp3) is 0.355. The smallest absolute Gasteiger partial charge is 0.257 e. The molecule has 6 heteroatoms. The zero-order valence-electron chi connectivity index (χ0n) is 21.9. The van der Waals surface area contributed by atoms with Gasteiger partial charge in [-0.3, -0.25) is 4.79 Å². The normalized spacial score (nSPS) is 11.0. The van der Waals surface area contributed by atoms with E-state index in [1.807, 2.05) is 48.5 Å². The fourth-order valence-electron chi connectivity index (χ4n) is 4.38. The Morgan fingerprint density at radius 3 is 2.54 bits per heavy atom. The van der Waals surface area contributed by atoms with Crippen LogP contribution in [0.3, 0.4) is 0 Å². The number of aryl methyl sites for hydroxylation is 3. The molecule has 0 atom stereocenters. The summed E-state index contributed by atoms with van der Waals surface area (Å²) < 4.78 is 13.9. The molecule has 0 spiro atoms. The first-order valence-corrected chi connectivity index (χ1v) is 13.2. The zero-order valence-corrected chi connectivity index (χ0v) is 21.9. The van der Waals surface area contributed by atoms with E-state index >= 15 is 0 Å². The minimum Gasteiger partial charge on any atom is -0.493 e. The first-order valence-electron chi connectivity index (χ1n) is 13.2. The molecule has 1 aromatic heterocycles. The molecule has 0 saturated heterocycles. The molecule has 0 bridgehead atoms. The van der Waals surface area contributed by atoms with E-state index in [9.17, 15) is 4.79 Å². The van der Waals surface area contributed by atoms with Gasteiger partial charge in [0.15, 0.2) is 6.61 Å². The summed E-state index contributed by atoms with van der Waals surface area (Å²) in [6, 6.07) is 23.9. The highest BCUT2D eigenvalue weighted by molar-refractivity contribution is 5.77. The lowest BCUT2D eigenvalue weighted by Gasteiger charge is -2.13. The third-order valence-corrected chi connectivity index (χ3v) is 6.58. The minimum atomic E-state index is -0.0891. The average Bonchev–Trinajstić information content (AvgIpc) is 3.27. The first kappa shape index (κ1) is 26.3. The number of imidazole rings is 1. The summed E-state index contributed by atoms with van der Waals surface area (Å²) in [6.45, 7) is 6.46. The summed E-state index contributed by atoms with van der Waals surface area (Å²) >= 11 is 0. The maximum absolute atomic E-state index is 12.0. The van der Waals surface area contributed by atoms with Crippen molar-refractivity contribution in [1.82, 2.24) is 14.9 Å². The van der Waals surface area contributed by atoms with Crippen LogP contribution in [0.15, 0.2) is 72.8 Å². The maximum atomic E-state index is 12.0.